The van der Waals surface area contributed by atoms with E-state index in [0.29, 0.717) is 5.56 Å². The Kier molecular flexibility index (Phi) is 4.05. The van der Waals surface area contributed by atoms with Gasteiger partial charge in [0.05, 0.1) is 16.9 Å². The van der Waals surface area contributed by atoms with Gasteiger partial charge in [-0.1, -0.05) is 12.1 Å². The summed E-state index contributed by atoms with van der Waals surface area (Å²) in [5.41, 5.74) is 3.43. The molecule has 0 radical (unpaired) electrons. The zero-order valence-corrected chi connectivity index (χ0v) is 12.8. The third-order valence-corrected chi connectivity index (χ3v) is 3.84. The number of halogens is 2. The topological polar surface area (TPSA) is 35.8 Å². The second kappa shape index (κ2) is 5.55. The SMILES string of the molecule is Cc1ccc(Nc2c(Br)cccc2Br)c(C#N)c1. The smallest absolute Gasteiger partial charge is 0.101 e. The first-order chi connectivity index (χ1) is 8.61. The first-order valence-corrected chi connectivity index (χ1v) is 6.92. The lowest BCUT2D eigenvalue weighted by Gasteiger charge is -2.12. The Morgan fingerprint density at radius 2 is 1.78 bits per heavy atom. The Morgan fingerprint density at radius 1 is 1.11 bits per heavy atom. The zero-order valence-electron chi connectivity index (χ0n) is 9.67. The molecule has 0 aromatic heterocycles. The van der Waals surface area contributed by atoms with Gasteiger partial charge < -0.3 is 5.32 Å². The number of hydrogen-bond acceptors (Lipinski definition) is 2. The van der Waals surface area contributed by atoms with E-state index < -0.39 is 0 Å². The Hall–Kier alpha value is -1.31. The number of benzene rings is 2. The molecule has 0 heterocycles. The summed E-state index contributed by atoms with van der Waals surface area (Å²) in [7, 11) is 0. The molecule has 0 amide bonds. The summed E-state index contributed by atoms with van der Waals surface area (Å²) < 4.78 is 1.89. The highest BCUT2D eigenvalue weighted by atomic mass is 79.9. The number of hydrogen-bond donors (Lipinski definition) is 1. The molecule has 1 N–H and O–H groups in total. The molecule has 2 rings (SSSR count). The molecule has 0 bridgehead atoms. The van der Waals surface area contributed by atoms with Crippen LogP contribution in [0.25, 0.3) is 0 Å². The Morgan fingerprint density at radius 3 is 2.39 bits per heavy atom. The van der Waals surface area contributed by atoms with Crippen molar-refractivity contribution in [2.75, 3.05) is 5.32 Å². The van der Waals surface area contributed by atoms with Crippen LogP contribution in [-0.4, -0.2) is 0 Å². The average Bonchev–Trinajstić information content (AvgIpc) is 2.35. The molecular weight excluding hydrogens is 356 g/mol. The molecular formula is C14H10Br2N2. The van der Waals surface area contributed by atoms with Crippen LogP contribution in [0.5, 0.6) is 0 Å². The Bertz CT molecular complexity index is 610. The first-order valence-electron chi connectivity index (χ1n) is 5.33. The van der Waals surface area contributed by atoms with Gasteiger partial charge in [0.2, 0.25) is 0 Å². The van der Waals surface area contributed by atoms with E-state index in [1.165, 1.54) is 0 Å². The Balaban J connectivity index is 2.44. The van der Waals surface area contributed by atoms with Crippen molar-refractivity contribution in [3.05, 3.63) is 56.5 Å². The van der Waals surface area contributed by atoms with Crippen molar-refractivity contribution in [2.45, 2.75) is 6.92 Å². The van der Waals surface area contributed by atoms with Gasteiger partial charge in [-0.05, 0) is 68.6 Å². The van der Waals surface area contributed by atoms with Crippen LogP contribution in [0, 0.1) is 18.3 Å². The lowest BCUT2D eigenvalue weighted by molar-refractivity contribution is 1.40. The van der Waals surface area contributed by atoms with Crippen LogP contribution in [-0.2, 0) is 0 Å². The fourth-order valence-corrected chi connectivity index (χ4v) is 2.81. The molecule has 90 valence electrons. The minimum absolute atomic E-state index is 0.637. The molecule has 4 heteroatoms. The van der Waals surface area contributed by atoms with Gasteiger partial charge in [0, 0.05) is 8.95 Å². The molecule has 0 saturated carbocycles. The van der Waals surface area contributed by atoms with E-state index in [0.717, 1.165) is 25.9 Å². The van der Waals surface area contributed by atoms with Crippen LogP contribution in [0.4, 0.5) is 11.4 Å². The number of anilines is 2. The molecule has 0 aliphatic heterocycles. The van der Waals surface area contributed by atoms with Crippen molar-refractivity contribution in [3.63, 3.8) is 0 Å². The van der Waals surface area contributed by atoms with Gasteiger partial charge in [-0.2, -0.15) is 5.26 Å². The highest BCUT2D eigenvalue weighted by molar-refractivity contribution is 9.11. The molecule has 0 spiro atoms. The highest BCUT2D eigenvalue weighted by Crippen LogP contribution is 2.34. The summed E-state index contributed by atoms with van der Waals surface area (Å²) >= 11 is 6.98. The molecule has 2 aromatic rings. The normalized spacial score (nSPS) is 9.89. The summed E-state index contributed by atoms with van der Waals surface area (Å²) in [6.07, 6.45) is 0. The molecule has 0 aliphatic rings. The number of para-hydroxylation sites is 1. The fourth-order valence-electron chi connectivity index (χ4n) is 1.61. The highest BCUT2D eigenvalue weighted by Gasteiger charge is 2.08. The number of nitrogens with zero attached hydrogens (tertiary/aromatic N) is 1. The van der Waals surface area contributed by atoms with Crippen molar-refractivity contribution in [2.24, 2.45) is 0 Å². The van der Waals surface area contributed by atoms with Gasteiger partial charge >= 0.3 is 0 Å². The third kappa shape index (κ3) is 2.74. The summed E-state index contributed by atoms with van der Waals surface area (Å²) in [4.78, 5) is 0. The molecule has 2 nitrogen and oxygen atoms in total. The molecule has 0 saturated heterocycles. The lowest BCUT2D eigenvalue weighted by Crippen LogP contribution is -1.96. The zero-order chi connectivity index (χ0) is 13.1. The van der Waals surface area contributed by atoms with Gasteiger partial charge in [0.25, 0.3) is 0 Å². The van der Waals surface area contributed by atoms with Crippen molar-refractivity contribution in [1.29, 1.82) is 5.26 Å². The van der Waals surface area contributed by atoms with E-state index in [4.69, 9.17) is 5.26 Å². The van der Waals surface area contributed by atoms with E-state index in [9.17, 15) is 0 Å². The van der Waals surface area contributed by atoms with Gasteiger partial charge in [-0.3, -0.25) is 0 Å². The number of nitrogens with one attached hydrogen (secondary N) is 1. The van der Waals surface area contributed by atoms with E-state index in [-0.39, 0.29) is 0 Å². The van der Waals surface area contributed by atoms with Crippen LogP contribution in [0.1, 0.15) is 11.1 Å². The van der Waals surface area contributed by atoms with Crippen LogP contribution >= 0.6 is 31.9 Å². The van der Waals surface area contributed by atoms with E-state index in [1.54, 1.807) is 0 Å². The first kappa shape index (κ1) is 13.1. The van der Waals surface area contributed by atoms with Crippen LogP contribution < -0.4 is 5.32 Å². The van der Waals surface area contributed by atoms with Gasteiger partial charge in [-0.15, -0.1) is 0 Å². The second-order valence-electron chi connectivity index (χ2n) is 3.88. The average molecular weight is 366 g/mol. The summed E-state index contributed by atoms with van der Waals surface area (Å²) in [6.45, 7) is 1.97. The van der Waals surface area contributed by atoms with Gasteiger partial charge in [-0.25, -0.2) is 0 Å². The fraction of sp³-hybridized carbons (Fsp3) is 0.0714. The van der Waals surface area contributed by atoms with Crippen molar-refractivity contribution in [1.82, 2.24) is 0 Å². The van der Waals surface area contributed by atoms with Crippen molar-refractivity contribution >= 4 is 43.2 Å². The third-order valence-electron chi connectivity index (χ3n) is 2.52. The minimum Gasteiger partial charge on any atom is -0.353 e. The standard InChI is InChI=1S/C14H10Br2N2/c1-9-5-6-13(10(7-9)8-17)18-14-11(15)3-2-4-12(14)16/h2-7,18H,1H3. The molecule has 0 fully saturated rings. The summed E-state index contributed by atoms with van der Waals surface area (Å²) in [6, 6.07) is 13.8. The van der Waals surface area contributed by atoms with E-state index in [1.807, 2.05) is 43.3 Å². The predicted molar refractivity (Wildman–Crippen MR) is 81.0 cm³/mol. The van der Waals surface area contributed by atoms with Crippen molar-refractivity contribution in [3.8, 4) is 6.07 Å². The molecule has 0 atom stereocenters. The van der Waals surface area contributed by atoms with E-state index >= 15 is 0 Å². The van der Waals surface area contributed by atoms with Gasteiger partial charge in [0.1, 0.15) is 6.07 Å². The van der Waals surface area contributed by atoms with Crippen LogP contribution in [0.15, 0.2) is 45.3 Å². The largest absolute Gasteiger partial charge is 0.353 e. The number of nitriles is 1. The van der Waals surface area contributed by atoms with Crippen LogP contribution in [0.3, 0.4) is 0 Å². The molecule has 0 unspecified atom stereocenters. The Labute approximate surface area is 123 Å². The maximum atomic E-state index is 9.15. The lowest BCUT2D eigenvalue weighted by atomic mass is 10.1. The quantitative estimate of drug-likeness (QED) is 0.800. The van der Waals surface area contributed by atoms with Crippen molar-refractivity contribution < 1.29 is 0 Å². The van der Waals surface area contributed by atoms with Crippen LogP contribution in [0.2, 0.25) is 0 Å². The monoisotopic (exact) mass is 364 g/mol. The predicted octanol–water partition coefficient (Wildman–Crippen LogP) is 5.14. The summed E-state index contributed by atoms with van der Waals surface area (Å²) in [5.74, 6) is 0. The second-order valence-corrected chi connectivity index (χ2v) is 5.59. The maximum absolute atomic E-state index is 9.15. The minimum atomic E-state index is 0.637. The summed E-state index contributed by atoms with van der Waals surface area (Å²) in [5, 5.41) is 12.4. The molecule has 0 aliphatic carbocycles. The van der Waals surface area contributed by atoms with Gasteiger partial charge in [0.15, 0.2) is 0 Å². The molecule has 18 heavy (non-hydrogen) atoms. The van der Waals surface area contributed by atoms with E-state index in [2.05, 4.69) is 43.2 Å². The molecule has 2 aromatic carbocycles. The maximum Gasteiger partial charge on any atom is 0.101 e. The number of rotatable bonds is 2. The number of aryl methyl sites for hydroxylation is 1.